The average Bonchev–Trinajstić information content (AvgIpc) is 3.00. The molecule has 0 unspecified atom stereocenters. The molecule has 2 N–H and O–H groups in total. The molecule has 9 heteroatoms. The summed E-state index contributed by atoms with van der Waals surface area (Å²) in [7, 11) is -1.94. The standard InChI is InChI=1S/C22H28N6O2S/c1-15-13-18(19-7-8-24-21(14-19)28-11-9-23-10-12-28)5-6-20(15)31(29,30)26-22-16(2)25-27(4)17(22)3/h5-8,13-14,23,26H,9-12H2,1-4H3. The zero-order valence-electron chi connectivity index (χ0n) is 18.3. The van der Waals surface area contributed by atoms with E-state index in [9.17, 15) is 8.42 Å². The van der Waals surface area contributed by atoms with Gasteiger partial charge >= 0.3 is 0 Å². The van der Waals surface area contributed by atoms with Gasteiger partial charge in [0.2, 0.25) is 0 Å². The third-order valence-electron chi connectivity index (χ3n) is 5.73. The fourth-order valence-corrected chi connectivity index (χ4v) is 5.31. The Hall–Kier alpha value is -2.91. The number of nitrogens with zero attached hydrogens (tertiary/aromatic N) is 4. The second-order valence-corrected chi connectivity index (χ2v) is 9.55. The van der Waals surface area contributed by atoms with Gasteiger partial charge in [-0.25, -0.2) is 13.4 Å². The Labute approximate surface area is 183 Å². The molecule has 0 radical (unpaired) electrons. The lowest BCUT2D eigenvalue weighted by Gasteiger charge is -2.28. The number of sulfonamides is 1. The van der Waals surface area contributed by atoms with Gasteiger partial charge in [-0.1, -0.05) is 12.1 Å². The topological polar surface area (TPSA) is 92.2 Å². The molecule has 4 rings (SSSR count). The molecule has 2 aromatic heterocycles. The second kappa shape index (κ2) is 8.32. The van der Waals surface area contributed by atoms with E-state index in [0.29, 0.717) is 16.9 Å². The van der Waals surface area contributed by atoms with Gasteiger partial charge in [-0.05, 0) is 55.7 Å². The van der Waals surface area contributed by atoms with Gasteiger partial charge in [0, 0.05) is 39.4 Å². The van der Waals surface area contributed by atoms with Crippen LogP contribution in [0.3, 0.4) is 0 Å². The summed E-state index contributed by atoms with van der Waals surface area (Å²) in [6, 6.07) is 9.44. The second-order valence-electron chi connectivity index (χ2n) is 7.89. The van der Waals surface area contributed by atoms with Crippen molar-refractivity contribution in [2.75, 3.05) is 35.8 Å². The zero-order chi connectivity index (χ0) is 22.2. The molecule has 0 spiro atoms. The maximum absolute atomic E-state index is 13.1. The molecule has 0 aliphatic carbocycles. The van der Waals surface area contributed by atoms with E-state index in [0.717, 1.165) is 48.8 Å². The van der Waals surface area contributed by atoms with Gasteiger partial charge in [0.05, 0.1) is 22.0 Å². The van der Waals surface area contributed by atoms with E-state index >= 15 is 0 Å². The van der Waals surface area contributed by atoms with Gasteiger partial charge < -0.3 is 10.2 Å². The quantitative estimate of drug-likeness (QED) is 0.634. The summed E-state index contributed by atoms with van der Waals surface area (Å²) in [6.07, 6.45) is 1.81. The van der Waals surface area contributed by atoms with Crippen LogP contribution in [0.1, 0.15) is 17.0 Å². The summed E-state index contributed by atoms with van der Waals surface area (Å²) in [5.41, 5.74) is 4.61. The molecule has 1 aliphatic rings. The van der Waals surface area contributed by atoms with Gasteiger partial charge in [0.25, 0.3) is 10.0 Å². The lowest BCUT2D eigenvalue weighted by atomic mass is 10.0. The minimum Gasteiger partial charge on any atom is -0.354 e. The monoisotopic (exact) mass is 440 g/mol. The molecule has 0 amide bonds. The van der Waals surface area contributed by atoms with Crippen molar-refractivity contribution in [3.05, 3.63) is 53.5 Å². The van der Waals surface area contributed by atoms with Gasteiger partial charge in [-0.2, -0.15) is 5.10 Å². The van der Waals surface area contributed by atoms with E-state index in [-0.39, 0.29) is 4.90 Å². The van der Waals surface area contributed by atoms with Crippen molar-refractivity contribution < 1.29 is 8.42 Å². The van der Waals surface area contributed by atoms with Crippen molar-refractivity contribution in [2.45, 2.75) is 25.7 Å². The predicted octanol–water partition coefficient (Wildman–Crippen LogP) is 2.62. The number of anilines is 2. The Kier molecular flexibility index (Phi) is 5.72. The van der Waals surface area contributed by atoms with Crippen LogP contribution in [0.25, 0.3) is 11.1 Å². The van der Waals surface area contributed by atoms with Crippen LogP contribution in [0, 0.1) is 20.8 Å². The Morgan fingerprint density at radius 1 is 1.03 bits per heavy atom. The molecule has 0 bridgehead atoms. The summed E-state index contributed by atoms with van der Waals surface area (Å²) in [6.45, 7) is 9.19. The highest BCUT2D eigenvalue weighted by molar-refractivity contribution is 7.92. The van der Waals surface area contributed by atoms with Crippen LogP contribution < -0.4 is 14.9 Å². The summed E-state index contributed by atoms with van der Waals surface area (Å²) in [5.74, 6) is 0.942. The first-order valence-corrected chi connectivity index (χ1v) is 11.8. The molecule has 1 aromatic carbocycles. The number of piperazine rings is 1. The molecule has 0 atom stereocenters. The Morgan fingerprint density at radius 2 is 1.74 bits per heavy atom. The molecule has 1 saturated heterocycles. The van der Waals surface area contributed by atoms with Crippen molar-refractivity contribution in [1.82, 2.24) is 20.1 Å². The molecule has 31 heavy (non-hydrogen) atoms. The predicted molar refractivity (Wildman–Crippen MR) is 123 cm³/mol. The third kappa shape index (κ3) is 4.28. The van der Waals surface area contributed by atoms with Crippen molar-refractivity contribution in [1.29, 1.82) is 0 Å². The molecule has 1 aliphatic heterocycles. The fraction of sp³-hybridized carbons (Fsp3) is 0.364. The van der Waals surface area contributed by atoms with Gasteiger partial charge in [0.15, 0.2) is 0 Å². The first-order chi connectivity index (χ1) is 14.8. The smallest absolute Gasteiger partial charge is 0.262 e. The number of hydrogen-bond acceptors (Lipinski definition) is 6. The highest BCUT2D eigenvalue weighted by Crippen LogP contribution is 2.29. The Morgan fingerprint density at radius 3 is 2.39 bits per heavy atom. The summed E-state index contributed by atoms with van der Waals surface area (Å²) >= 11 is 0. The third-order valence-corrected chi connectivity index (χ3v) is 7.24. The number of rotatable bonds is 5. The van der Waals surface area contributed by atoms with Crippen molar-refractivity contribution in [3.8, 4) is 11.1 Å². The first-order valence-electron chi connectivity index (χ1n) is 10.3. The summed E-state index contributed by atoms with van der Waals surface area (Å²) < 4.78 is 30.5. The van der Waals surface area contributed by atoms with Crippen LogP contribution >= 0.6 is 0 Å². The molecule has 164 valence electrons. The molecule has 3 heterocycles. The number of aromatic nitrogens is 3. The first kappa shape index (κ1) is 21.3. The van der Waals surface area contributed by atoms with E-state index in [4.69, 9.17) is 0 Å². The molecule has 8 nitrogen and oxygen atoms in total. The average molecular weight is 441 g/mol. The van der Waals surface area contributed by atoms with Crippen molar-refractivity contribution in [3.63, 3.8) is 0 Å². The van der Waals surface area contributed by atoms with Crippen molar-refractivity contribution >= 4 is 21.5 Å². The molecule has 0 saturated carbocycles. The fourth-order valence-electron chi connectivity index (χ4n) is 3.91. The van der Waals surface area contributed by atoms with Gasteiger partial charge in [-0.15, -0.1) is 0 Å². The summed E-state index contributed by atoms with van der Waals surface area (Å²) in [4.78, 5) is 7.04. The highest BCUT2D eigenvalue weighted by Gasteiger charge is 2.21. The van der Waals surface area contributed by atoms with Crippen LogP contribution in [-0.2, 0) is 17.1 Å². The van der Waals surface area contributed by atoms with E-state index < -0.39 is 10.0 Å². The van der Waals surface area contributed by atoms with Crippen LogP contribution in [0.4, 0.5) is 11.5 Å². The molecular formula is C22H28N6O2S. The van der Waals surface area contributed by atoms with E-state index in [1.807, 2.05) is 38.2 Å². The molecule has 3 aromatic rings. The molecular weight excluding hydrogens is 412 g/mol. The maximum Gasteiger partial charge on any atom is 0.262 e. The van der Waals surface area contributed by atoms with Crippen LogP contribution in [0.15, 0.2) is 41.4 Å². The zero-order valence-corrected chi connectivity index (χ0v) is 19.1. The number of nitrogens with one attached hydrogen (secondary N) is 2. The van der Waals surface area contributed by atoms with Crippen molar-refractivity contribution in [2.24, 2.45) is 7.05 Å². The summed E-state index contributed by atoms with van der Waals surface area (Å²) in [5, 5.41) is 7.63. The van der Waals surface area contributed by atoms with E-state index in [1.54, 1.807) is 24.7 Å². The van der Waals surface area contributed by atoms with Crippen LogP contribution in [-0.4, -0.2) is 49.4 Å². The SMILES string of the molecule is Cc1cc(-c2ccnc(N3CCNCC3)c2)ccc1S(=O)(=O)Nc1c(C)nn(C)c1C. The molecule has 1 fully saturated rings. The Bertz CT molecular complexity index is 1210. The number of aryl methyl sites for hydroxylation is 3. The highest BCUT2D eigenvalue weighted by atomic mass is 32.2. The number of hydrogen-bond donors (Lipinski definition) is 2. The van der Waals surface area contributed by atoms with Gasteiger partial charge in [-0.3, -0.25) is 9.40 Å². The van der Waals surface area contributed by atoms with E-state index in [2.05, 4.69) is 31.1 Å². The lowest BCUT2D eigenvalue weighted by molar-refractivity contribution is 0.585. The Balaban J connectivity index is 1.62. The number of pyridine rings is 1. The van der Waals surface area contributed by atoms with E-state index in [1.165, 1.54) is 0 Å². The lowest BCUT2D eigenvalue weighted by Crippen LogP contribution is -2.43. The minimum absolute atomic E-state index is 0.260. The number of benzene rings is 1. The maximum atomic E-state index is 13.1. The van der Waals surface area contributed by atoms with Crippen LogP contribution in [0.5, 0.6) is 0 Å². The normalized spacial score (nSPS) is 14.6. The van der Waals surface area contributed by atoms with Crippen LogP contribution in [0.2, 0.25) is 0 Å². The van der Waals surface area contributed by atoms with Gasteiger partial charge in [0.1, 0.15) is 5.82 Å². The minimum atomic E-state index is -3.73. The largest absolute Gasteiger partial charge is 0.354 e.